The molecule has 0 radical (unpaired) electrons. The second-order valence-corrected chi connectivity index (χ2v) is 6.01. The van der Waals surface area contributed by atoms with Crippen molar-refractivity contribution in [2.75, 3.05) is 5.32 Å². The fourth-order valence-electron chi connectivity index (χ4n) is 1.60. The lowest BCUT2D eigenvalue weighted by molar-refractivity contribution is -0.119. The average molecular weight is 377 g/mol. The summed E-state index contributed by atoms with van der Waals surface area (Å²) in [7, 11) is 0. The summed E-state index contributed by atoms with van der Waals surface area (Å²) in [4.78, 5) is 12.2. The third kappa shape index (κ3) is 3.34. The molecule has 1 aromatic heterocycles. The number of aromatic nitrogens is 2. The van der Waals surface area contributed by atoms with E-state index in [-0.39, 0.29) is 5.91 Å². The molecule has 2 rings (SSSR count). The minimum Gasteiger partial charge on any atom is -0.324 e. The van der Waals surface area contributed by atoms with Gasteiger partial charge in [0.25, 0.3) is 0 Å². The van der Waals surface area contributed by atoms with Gasteiger partial charge in [-0.1, -0.05) is 23.2 Å². The molecule has 1 aromatic carbocycles. The molecule has 2 aromatic rings. The van der Waals surface area contributed by atoms with E-state index in [4.69, 9.17) is 23.2 Å². The van der Waals surface area contributed by atoms with Gasteiger partial charge in [0.2, 0.25) is 5.91 Å². The SMILES string of the molecule is Cc1nn(C(C)C(=O)Nc2ccc(Cl)c(Cl)c2)cc1Br. The van der Waals surface area contributed by atoms with E-state index < -0.39 is 6.04 Å². The molecule has 0 aliphatic carbocycles. The van der Waals surface area contributed by atoms with E-state index >= 15 is 0 Å². The maximum absolute atomic E-state index is 12.2. The highest BCUT2D eigenvalue weighted by molar-refractivity contribution is 9.10. The molecule has 0 aliphatic rings. The fraction of sp³-hybridized carbons (Fsp3) is 0.231. The molecular formula is C13H12BrCl2N3O. The smallest absolute Gasteiger partial charge is 0.248 e. The van der Waals surface area contributed by atoms with E-state index in [1.54, 1.807) is 36.0 Å². The molecule has 106 valence electrons. The molecule has 20 heavy (non-hydrogen) atoms. The minimum absolute atomic E-state index is 0.182. The van der Waals surface area contributed by atoms with Crippen LogP contribution in [0.4, 0.5) is 5.69 Å². The van der Waals surface area contributed by atoms with Gasteiger partial charge in [0, 0.05) is 11.9 Å². The largest absolute Gasteiger partial charge is 0.324 e. The molecule has 4 nitrogen and oxygen atoms in total. The Morgan fingerprint density at radius 1 is 1.40 bits per heavy atom. The van der Waals surface area contributed by atoms with Gasteiger partial charge in [-0.2, -0.15) is 5.10 Å². The van der Waals surface area contributed by atoms with Crippen molar-refractivity contribution in [3.05, 3.63) is 44.6 Å². The van der Waals surface area contributed by atoms with E-state index in [1.165, 1.54) is 0 Å². The van der Waals surface area contributed by atoms with Crippen LogP contribution in [0.1, 0.15) is 18.7 Å². The maximum Gasteiger partial charge on any atom is 0.248 e. The third-order valence-electron chi connectivity index (χ3n) is 2.82. The van der Waals surface area contributed by atoms with Crippen LogP contribution in [0.5, 0.6) is 0 Å². The first-order chi connectivity index (χ1) is 9.38. The zero-order chi connectivity index (χ0) is 14.9. The standard InChI is InChI=1S/C13H12BrCl2N3O/c1-7-10(14)6-19(18-7)8(2)13(20)17-9-3-4-11(15)12(16)5-9/h3-6,8H,1-2H3,(H,17,20). The van der Waals surface area contributed by atoms with Crippen LogP contribution >= 0.6 is 39.1 Å². The number of nitrogens with one attached hydrogen (secondary N) is 1. The lowest BCUT2D eigenvalue weighted by atomic mass is 10.2. The Labute approximate surface area is 135 Å². The molecule has 0 spiro atoms. The first-order valence-corrected chi connectivity index (χ1v) is 7.40. The van der Waals surface area contributed by atoms with E-state index in [1.807, 2.05) is 6.92 Å². The number of carbonyl (C=O) groups excluding carboxylic acids is 1. The topological polar surface area (TPSA) is 46.9 Å². The van der Waals surface area contributed by atoms with Crippen LogP contribution in [-0.4, -0.2) is 15.7 Å². The highest BCUT2D eigenvalue weighted by Gasteiger charge is 2.17. The third-order valence-corrected chi connectivity index (χ3v) is 4.34. The fourth-order valence-corrected chi connectivity index (χ4v) is 2.19. The maximum atomic E-state index is 12.2. The molecule has 1 N–H and O–H groups in total. The Balaban J connectivity index is 2.13. The molecule has 0 saturated carbocycles. The van der Waals surface area contributed by atoms with Crippen molar-refractivity contribution in [1.82, 2.24) is 9.78 Å². The number of carbonyl (C=O) groups is 1. The van der Waals surface area contributed by atoms with Crippen LogP contribution in [0.2, 0.25) is 10.0 Å². The van der Waals surface area contributed by atoms with E-state index in [0.717, 1.165) is 10.2 Å². The lowest BCUT2D eigenvalue weighted by Gasteiger charge is -2.13. The van der Waals surface area contributed by atoms with Gasteiger partial charge in [0.15, 0.2) is 0 Å². The zero-order valence-electron chi connectivity index (χ0n) is 10.8. The van der Waals surface area contributed by atoms with Gasteiger partial charge >= 0.3 is 0 Å². The molecule has 0 saturated heterocycles. The Morgan fingerprint density at radius 2 is 2.10 bits per heavy atom. The number of benzene rings is 1. The molecule has 0 bridgehead atoms. The van der Waals surface area contributed by atoms with Crippen LogP contribution < -0.4 is 5.32 Å². The van der Waals surface area contributed by atoms with E-state index in [9.17, 15) is 4.79 Å². The van der Waals surface area contributed by atoms with Gasteiger partial charge in [0.1, 0.15) is 6.04 Å². The van der Waals surface area contributed by atoms with Crippen LogP contribution in [-0.2, 0) is 4.79 Å². The number of anilines is 1. The van der Waals surface area contributed by atoms with Gasteiger partial charge in [-0.15, -0.1) is 0 Å². The number of halogens is 3. The van der Waals surface area contributed by atoms with Gasteiger partial charge in [0.05, 0.1) is 20.2 Å². The van der Waals surface area contributed by atoms with Gasteiger partial charge in [-0.3, -0.25) is 9.48 Å². The first-order valence-electron chi connectivity index (χ1n) is 5.85. The molecule has 1 heterocycles. The predicted octanol–water partition coefficient (Wildman–Crippen LogP) is 4.46. The van der Waals surface area contributed by atoms with Crippen molar-refractivity contribution in [1.29, 1.82) is 0 Å². The van der Waals surface area contributed by atoms with Crippen LogP contribution in [0.3, 0.4) is 0 Å². The van der Waals surface area contributed by atoms with E-state index in [2.05, 4.69) is 26.3 Å². The number of nitrogens with zero attached hydrogens (tertiary/aromatic N) is 2. The summed E-state index contributed by atoms with van der Waals surface area (Å²) in [6.07, 6.45) is 1.77. The second kappa shape index (κ2) is 6.16. The van der Waals surface area contributed by atoms with E-state index in [0.29, 0.717) is 15.7 Å². The summed E-state index contributed by atoms with van der Waals surface area (Å²) < 4.78 is 2.47. The summed E-state index contributed by atoms with van der Waals surface area (Å²) >= 11 is 15.1. The molecule has 1 unspecified atom stereocenters. The number of rotatable bonds is 3. The number of hydrogen-bond acceptors (Lipinski definition) is 2. The van der Waals surface area contributed by atoms with Crippen molar-refractivity contribution in [2.45, 2.75) is 19.9 Å². The first kappa shape index (κ1) is 15.4. The molecule has 1 amide bonds. The summed E-state index contributed by atoms with van der Waals surface area (Å²) in [5.74, 6) is -0.182. The van der Waals surface area contributed by atoms with Crippen molar-refractivity contribution < 1.29 is 4.79 Å². The molecule has 0 fully saturated rings. The number of aryl methyl sites for hydroxylation is 1. The van der Waals surface area contributed by atoms with Crippen molar-refractivity contribution in [2.24, 2.45) is 0 Å². The van der Waals surface area contributed by atoms with Crippen molar-refractivity contribution >= 4 is 50.7 Å². The highest BCUT2D eigenvalue weighted by atomic mass is 79.9. The van der Waals surface area contributed by atoms with Gasteiger partial charge in [-0.25, -0.2) is 0 Å². The molecule has 1 atom stereocenters. The Bertz CT molecular complexity index is 638. The predicted molar refractivity (Wildman–Crippen MR) is 84.5 cm³/mol. The Kier molecular flexibility index (Phi) is 4.73. The highest BCUT2D eigenvalue weighted by Crippen LogP contribution is 2.25. The summed E-state index contributed by atoms with van der Waals surface area (Å²) in [5, 5.41) is 7.89. The number of hydrogen-bond donors (Lipinski definition) is 1. The second-order valence-electron chi connectivity index (χ2n) is 4.34. The summed E-state index contributed by atoms with van der Waals surface area (Å²) in [6, 6.07) is 4.51. The molecule has 7 heteroatoms. The van der Waals surface area contributed by atoms with Gasteiger partial charge in [-0.05, 0) is 48.0 Å². The van der Waals surface area contributed by atoms with Crippen LogP contribution in [0.25, 0.3) is 0 Å². The lowest BCUT2D eigenvalue weighted by Crippen LogP contribution is -2.24. The minimum atomic E-state index is -0.436. The number of amides is 1. The monoisotopic (exact) mass is 375 g/mol. The quantitative estimate of drug-likeness (QED) is 0.859. The normalized spacial score (nSPS) is 12.2. The van der Waals surface area contributed by atoms with Crippen LogP contribution in [0.15, 0.2) is 28.9 Å². The van der Waals surface area contributed by atoms with Gasteiger partial charge < -0.3 is 5.32 Å². The Morgan fingerprint density at radius 3 is 2.65 bits per heavy atom. The zero-order valence-corrected chi connectivity index (χ0v) is 13.9. The summed E-state index contributed by atoms with van der Waals surface area (Å²) in [6.45, 7) is 3.63. The van der Waals surface area contributed by atoms with Crippen molar-refractivity contribution in [3.63, 3.8) is 0 Å². The Hall–Kier alpha value is -1.04. The average Bonchev–Trinajstić information content (AvgIpc) is 2.73. The van der Waals surface area contributed by atoms with Crippen LogP contribution in [0, 0.1) is 6.92 Å². The molecular weight excluding hydrogens is 365 g/mol. The molecule has 0 aliphatic heterocycles. The van der Waals surface area contributed by atoms with Crippen molar-refractivity contribution in [3.8, 4) is 0 Å². The summed E-state index contributed by atoms with van der Waals surface area (Å²) in [5.41, 5.74) is 1.43.